The zero-order valence-electron chi connectivity index (χ0n) is 23.4. The van der Waals surface area contributed by atoms with Crippen molar-refractivity contribution >= 4 is 35.0 Å². The maximum absolute atomic E-state index is 12.9. The molecule has 0 spiro atoms. The van der Waals surface area contributed by atoms with E-state index < -0.39 is 0 Å². The molecule has 2 amide bonds. The lowest BCUT2D eigenvalue weighted by atomic mass is 10.1. The minimum absolute atomic E-state index is 0.0140. The molecule has 2 aliphatic rings. The van der Waals surface area contributed by atoms with E-state index in [1.807, 2.05) is 24.3 Å². The average molecular weight is 568 g/mol. The fourth-order valence-electron chi connectivity index (χ4n) is 5.63. The van der Waals surface area contributed by atoms with Gasteiger partial charge >= 0.3 is 0 Å². The zero-order valence-corrected chi connectivity index (χ0v) is 23.4. The van der Waals surface area contributed by atoms with Crippen molar-refractivity contribution in [1.82, 2.24) is 24.7 Å². The summed E-state index contributed by atoms with van der Waals surface area (Å²) in [5.41, 5.74) is 10.1. The van der Waals surface area contributed by atoms with Crippen LogP contribution in [0.15, 0.2) is 54.9 Å². The number of fused-ring (bicyclic) bond motifs is 3. The molecule has 0 saturated heterocycles. The van der Waals surface area contributed by atoms with Gasteiger partial charge in [0.05, 0.1) is 32.2 Å². The molecule has 1 aliphatic heterocycles. The minimum Gasteiger partial charge on any atom is -0.497 e. The normalized spacial score (nSPS) is 19.9. The number of anilines is 2. The number of ether oxygens (including phenoxy) is 2. The highest BCUT2D eigenvalue weighted by Crippen LogP contribution is 2.39. The molecule has 4 N–H and O–H groups in total. The third-order valence-corrected chi connectivity index (χ3v) is 7.72. The number of nitrogens with one attached hydrogen (secondary N) is 2. The Labute approximate surface area is 243 Å². The highest BCUT2D eigenvalue weighted by molar-refractivity contribution is 6.04. The summed E-state index contributed by atoms with van der Waals surface area (Å²) in [6, 6.07) is 10.7. The van der Waals surface area contributed by atoms with Crippen molar-refractivity contribution in [1.29, 1.82) is 0 Å². The summed E-state index contributed by atoms with van der Waals surface area (Å²) in [4.78, 5) is 39.2. The highest BCUT2D eigenvalue weighted by Gasteiger charge is 2.32. The number of carbonyl (C=O) groups is 2. The Balaban J connectivity index is 1.36. The molecule has 4 aromatic rings. The molecular formula is C31H33N7O4. The van der Waals surface area contributed by atoms with Crippen LogP contribution in [0, 0.1) is 0 Å². The van der Waals surface area contributed by atoms with E-state index >= 15 is 0 Å². The molecular weight excluding hydrogens is 534 g/mol. The molecule has 11 heteroatoms. The number of benzene rings is 1. The summed E-state index contributed by atoms with van der Waals surface area (Å²) >= 11 is 0. The van der Waals surface area contributed by atoms with Crippen molar-refractivity contribution in [3.05, 3.63) is 71.9 Å². The average Bonchev–Trinajstić information content (AvgIpc) is 3.63. The van der Waals surface area contributed by atoms with Gasteiger partial charge in [0.25, 0.3) is 5.91 Å². The van der Waals surface area contributed by atoms with Crippen LogP contribution < -0.4 is 21.1 Å². The molecule has 11 nitrogen and oxygen atoms in total. The first-order valence-corrected chi connectivity index (χ1v) is 14.1. The second-order valence-corrected chi connectivity index (χ2v) is 10.5. The zero-order chi connectivity index (χ0) is 29.1. The highest BCUT2D eigenvalue weighted by atomic mass is 16.5. The summed E-state index contributed by atoms with van der Waals surface area (Å²) in [5.74, 6) is 2.12. The van der Waals surface area contributed by atoms with Crippen LogP contribution in [0.1, 0.15) is 59.9 Å². The molecule has 2 bridgehead atoms. The first-order valence-electron chi connectivity index (χ1n) is 14.1. The van der Waals surface area contributed by atoms with E-state index in [0.717, 1.165) is 41.9 Å². The fourth-order valence-corrected chi connectivity index (χ4v) is 5.63. The molecule has 42 heavy (non-hydrogen) atoms. The lowest BCUT2D eigenvalue weighted by Crippen LogP contribution is -2.33. The van der Waals surface area contributed by atoms with Gasteiger partial charge in [-0.25, -0.2) is 15.0 Å². The number of nitrogens with two attached hydrogens (primary N) is 1. The van der Waals surface area contributed by atoms with Crippen molar-refractivity contribution in [2.75, 3.05) is 31.4 Å². The van der Waals surface area contributed by atoms with E-state index in [-0.39, 0.29) is 23.8 Å². The quantitative estimate of drug-likeness (QED) is 0.333. The third-order valence-electron chi connectivity index (χ3n) is 7.72. The van der Waals surface area contributed by atoms with Crippen molar-refractivity contribution in [2.45, 2.75) is 44.1 Å². The molecule has 1 aromatic carbocycles. The van der Waals surface area contributed by atoms with Crippen molar-refractivity contribution in [3.8, 4) is 17.0 Å². The van der Waals surface area contributed by atoms with Crippen molar-refractivity contribution in [2.24, 2.45) is 0 Å². The number of pyridine rings is 1. The molecule has 1 saturated carbocycles. The number of imidazole rings is 1. The smallest absolute Gasteiger partial charge is 0.256 e. The van der Waals surface area contributed by atoms with Gasteiger partial charge in [-0.1, -0.05) is 18.2 Å². The first-order chi connectivity index (χ1) is 20.5. The summed E-state index contributed by atoms with van der Waals surface area (Å²) in [5, 5.41) is 5.97. The number of amides is 2. The van der Waals surface area contributed by atoms with Gasteiger partial charge in [-0.15, -0.1) is 0 Å². The van der Waals surface area contributed by atoms with E-state index in [4.69, 9.17) is 20.2 Å². The van der Waals surface area contributed by atoms with E-state index in [2.05, 4.69) is 25.0 Å². The van der Waals surface area contributed by atoms with E-state index in [0.29, 0.717) is 54.7 Å². The molecule has 0 radical (unpaired) electrons. The Morgan fingerprint density at radius 1 is 1.17 bits per heavy atom. The molecule has 1 aliphatic carbocycles. The first kappa shape index (κ1) is 27.4. The lowest BCUT2D eigenvalue weighted by molar-refractivity contribution is -0.122. The Morgan fingerprint density at radius 2 is 2.02 bits per heavy atom. The molecule has 216 valence electrons. The van der Waals surface area contributed by atoms with E-state index in [1.165, 1.54) is 0 Å². The second kappa shape index (κ2) is 12.0. The SMILES string of the molecule is COc1ccnc(NC(=O)c2ccc(-c3nc4n5c(cnc(N)c35)/C=C/CCOCCC(=O)N[C@@H]3CC[C@@H]4C3)cc2)c1. The Morgan fingerprint density at radius 3 is 2.86 bits per heavy atom. The van der Waals surface area contributed by atoms with E-state index in [1.54, 1.807) is 43.8 Å². The van der Waals surface area contributed by atoms with E-state index in [9.17, 15) is 9.59 Å². The maximum atomic E-state index is 12.9. The summed E-state index contributed by atoms with van der Waals surface area (Å²) in [6.07, 6.45) is 11.0. The monoisotopic (exact) mass is 567 g/mol. The van der Waals surface area contributed by atoms with Gasteiger partial charge in [0, 0.05) is 41.8 Å². The predicted molar refractivity (Wildman–Crippen MR) is 159 cm³/mol. The fraction of sp³-hybridized carbons (Fsp3) is 0.323. The van der Waals surface area contributed by atoms with Crippen LogP contribution in [0.3, 0.4) is 0 Å². The van der Waals surface area contributed by atoms with Gasteiger partial charge in [0.15, 0.2) is 0 Å². The molecule has 2 atom stereocenters. The summed E-state index contributed by atoms with van der Waals surface area (Å²) in [7, 11) is 1.56. The van der Waals surface area contributed by atoms with Gasteiger partial charge < -0.3 is 25.8 Å². The predicted octanol–water partition coefficient (Wildman–Crippen LogP) is 4.21. The van der Waals surface area contributed by atoms with Crippen molar-refractivity contribution in [3.63, 3.8) is 0 Å². The van der Waals surface area contributed by atoms with Crippen LogP contribution in [0.4, 0.5) is 11.6 Å². The largest absolute Gasteiger partial charge is 0.497 e. The van der Waals surface area contributed by atoms with Crippen LogP contribution in [0.5, 0.6) is 5.75 Å². The van der Waals surface area contributed by atoms with Gasteiger partial charge in [-0.05, 0) is 50.0 Å². The molecule has 3 aromatic heterocycles. The topological polar surface area (TPSA) is 146 Å². The Kier molecular flexibility index (Phi) is 7.83. The number of hydrogen-bond donors (Lipinski definition) is 3. The van der Waals surface area contributed by atoms with Crippen LogP contribution >= 0.6 is 0 Å². The number of carbonyl (C=O) groups excluding carboxylic acids is 2. The van der Waals surface area contributed by atoms with Crippen molar-refractivity contribution < 1.29 is 19.1 Å². The third kappa shape index (κ3) is 5.68. The van der Waals surface area contributed by atoms with Gasteiger partial charge in [-0.3, -0.25) is 14.0 Å². The van der Waals surface area contributed by atoms with Gasteiger partial charge in [-0.2, -0.15) is 0 Å². The summed E-state index contributed by atoms with van der Waals surface area (Å²) < 4.78 is 13.0. The molecule has 1 fully saturated rings. The second-order valence-electron chi connectivity index (χ2n) is 10.5. The Bertz CT molecular complexity index is 1650. The minimum atomic E-state index is -0.289. The molecule has 4 heterocycles. The number of nitrogen functional groups attached to an aromatic ring is 1. The number of nitrogens with zero attached hydrogens (tertiary/aromatic N) is 4. The standard InChI is InChI=1S/C31H33N7O4/c1-41-24-11-13-33-25(17-24)36-31(40)20-7-5-19(6-8-20)27-28-29(32)34-18-23-4-2-3-14-42-15-12-26(39)35-22-10-9-21(16-22)30(37-27)38(23)28/h2,4-8,11,13,17-18,21-22H,3,9-10,12,14-16H2,1H3,(H2,32,34)(H,35,39)(H,33,36,40)/b4-2+/t21-,22-/m1/s1. The Hall–Kier alpha value is -4.77. The number of rotatable bonds is 4. The lowest BCUT2D eigenvalue weighted by Gasteiger charge is -2.14. The van der Waals surface area contributed by atoms with Gasteiger partial charge in [0.1, 0.15) is 34.4 Å². The maximum Gasteiger partial charge on any atom is 0.256 e. The molecule has 0 unspecified atom stereocenters. The van der Waals surface area contributed by atoms with Gasteiger partial charge in [0.2, 0.25) is 5.91 Å². The van der Waals surface area contributed by atoms with Crippen LogP contribution in [0.2, 0.25) is 0 Å². The number of methoxy groups -OCH3 is 1. The number of hydrogen-bond acceptors (Lipinski definition) is 8. The number of aromatic nitrogens is 4. The molecule has 6 rings (SSSR count). The summed E-state index contributed by atoms with van der Waals surface area (Å²) in [6.45, 7) is 0.935. The van der Waals surface area contributed by atoms with Crippen LogP contribution in [-0.4, -0.2) is 57.5 Å². The van der Waals surface area contributed by atoms with Crippen LogP contribution in [0.25, 0.3) is 22.9 Å². The van der Waals surface area contributed by atoms with Crippen LogP contribution in [-0.2, 0) is 9.53 Å².